The molecule has 0 aliphatic rings. The SMILES string of the molecule is C[C@](N)(C(=O)O)c1cnc(N)c(N)c1. The van der Waals surface area contributed by atoms with Gasteiger partial charge in [-0.25, -0.2) is 9.78 Å². The second-order valence-electron chi connectivity index (χ2n) is 3.21. The van der Waals surface area contributed by atoms with Crippen LogP contribution >= 0.6 is 0 Å². The molecule has 0 amide bonds. The number of nitrogens with zero attached hydrogens (tertiary/aromatic N) is 1. The van der Waals surface area contributed by atoms with Crippen molar-refractivity contribution in [2.75, 3.05) is 11.5 Å². The Morgan fingerprint density at radius 1 is 1.57 bits per heavy atom. The molecule has 1 aromatic rings. The number of carboxylic acids is 1. The van der Waals surface area contributed by atoms with E-state index in [4.69, 9.17) is 22.3 Å². The smallest absolute Gasteiger partial charge is 0.328 e. The first kappa shape index (κ1) is 10.3. The average molecular weight is 196 g/mol. The van der Waals surface area contributed by atoms with Gasteiger partial charge in [-0.05, 0) is 13.0 Å². The van der Waals surface area contributed by atoms with Gasteiger partial charge in [-0.2, -0.15) is 0 Å². The van der Waals surface area contributed by atoms with Crippen molar-refractivity contribution >= 4 is 17.5 Å². The molecule has 7 N–H and O–H groups in total. The Bertz CT molecular complexity index is 376. The maximum absolute atomic E-state index is 10.8. The molecule has 0 saturated heterocycles. The van der Waals surface area contributed by atoms with E-state index in [0.29, 0.717) is 5.56 Å². The molecular formula is C8H12N4O2. The number of carboxylic acid groups (broad SMARTS) is 1. The van der Waals surface area contributed by atoms with E-state index in [2.05, 4.69) is 4.98 Å². The topological polar surface area (TPSA) is 128 Å². The third-order valence-corrected chi connectivity index (χ3v) is 1.99. The van der Waals surface area contributed by atoms with Gasteiger partial charge in [0.2, 0.25) is 0 Å². The summed E-state index contributed by atoms with van der Waals surface area (Å²) >= 11 is 0. The molecule has 1 aromatic heterocycles. The van der Waals surface area contributed by atoms with Crippen molar-refractivity contribution in [3.63, 3.8) is 0 Å². The molecule has 76 valence electrons. The van der Waals surface area contributed by atoms with Gasteiger partial charge < -0.3 is 22.3 Å². The van der Waals surface area contributed by atoms with Crippen LogP contribution in [0.15, 0.2) is 12.3 Å². The number of hydrogen-bond acceptors (Lipinski definition) is 5. The maximum Gasteiger partial charge on any atom is 0.328 e. The van der Waals surface area contributed by atoms with Gasteiger partial charge in [-0.1, -0.05) is 0 Å². The molecule has 6 heteroatoms. The minimum absolute atomic E-state index is 0.162. The van der Waals surface area contributed by atoms with Crippen molar-refractivity contribution in [1.82, 2.24) is 4.98 Å². The number of pyridine rings is 1. The minimum atomic E-state index is -1.51. The second kappa shape index (κ2) is 3.15. The minimum Gasteiger partial charge on any atom is -0.480 e. The van der Waals surface area contributed by atoms with Gasteiger partial charge in [0.25, 0.3) is 0 Å². The zero-order chi connectivity index (χ0) is 10.9. The number of nitrogen functional groups attached to an aromatic ring is 2. The lowest BCUT2D eigenvalue weighted by molar-refractivity contribution is -0.143. The van der Waals surface area contributed by atoms with Crippen molar-refractivity contribution in [3.05, 3.63) is 17.8 Å². The van der Waals surface area contributed by atoms with E-state index in [0.717, 1.165) is 0 Å². The molecule has 1 rings (SSSR count). The molecule has 1 heterocycles. The van der Waals surface area contributed by atoms with Crippen molar-refractivity contribution in [2.45, 2.75) is 12.5 Å². The lowest BCUT2D eigenvalue weighted by atomic mass is 9.95. The Balaban J connectivity index is 3.21. The lowest BCUT2D eigenvalue weighted by Crippen LogP contribution is -2.41. The number of hydrogen-bond donors (Lipinski definition) is 4. The Labute approximate surface area is 80.7 Å². The monoisotopic (exact) mass is 196 g/mol. The van der Waals surface area contributed by atoms with Crippen molar-refractivity contribution in [1.29, 1.82) is 0 Å². The van der Waals surface area contributed by atoms with Crippen LogP contribution in [0.2, 0.25) is 0 Å². The highest BCUT2D eigenvalue weighted by Gasteiger charge is 2.30. The Morgan fingerprint density at radius 2 is 2.14 bits per heavy atom. The Kier molecular flexibility index (Phi) is 2.31. The number of anilines is 2. The van der Waals surface area contributed by atoms with Gasteiger partial charge in [0.1, 0.15) is 11.4 Å². The third kappa shape index (κ3) is 1.60. The van der Waals surface area contributed by atoms with E-state index < -0.39 is 11.5 Å². The van der Waals surface area contributed by atoms with Gasteiger partial charge in [0.05, 0.1) is 5.69 Å². The normalized spacial score (nSPS) is 14.7. The zero-order valence-electron chi connectivity index (χ0n) is 7.69. The van der Waals surface area contributed by atoms with Crippen LogP contribution in [0, 0.1) is 0 Å². The summed E-state index contributed by atoms with van der Waals surface area (Å²) in [5, 5.41) is 8.83. The van der Waals surface area contributed by atoms with Crippen LogP contribution in [0.25, 0.3) is 0 Å². The van der Waals surface area contributed by atoms with Gasteiger partial charge in [0, 0.05) is 11.8 Å². The first-order chi connectivity index (χ1) is 6.35. The summed E-state index contributed by atoms with van der Waals surface area (Å²) in [7, 11) is 0. The third-order valence-electron chi connectivity index (χ3n) is 1.99. The van der Waals surface area contributed by atoms with E-state index in [9.17, 15) is 4.79 Å². The summed E-state index contributed by atoms with van der Waals surface area (Å²) in [6, 6.07) is 1.41. The van der Waals surface area contributed by atoms with Gasteiger partial charge >= 0.3 is 5.97 Å². The number of aromatic nitrogens is 1. The first-order valence-corrected chi connectivity index (χ1v) is 3.89. The van der Waals surface area contributed by atoms with Crippen LogP contribution in [0.1, 0.15) is 12.5 Å². The van der Waals surface area contributed by atoms with Gasteiger partial charge in [0.15, 0.2) is 0 Å². The molecule has 0 aliphatic carbocycles. The molecular weight excluding hydrogens is 184 g/mol. The van der Waals surface area contributed by atoms with Crippen LogP contribution in [-0.2, 0) is 10.3 Å². The van der Waals surface area contributed by atoms with E-state index in [1.807, 2.05) is 0 Å². The quantitative estimate of drug-likeness (QED) is 0.505. The number of rotatable bonds is 2. The predicted octanol–water partition coefficient (Wildman–Crippen LogP) is -0.495. The summed E-state index contributed by atoms with van der Waals surface area (Å²) in [5.41, 5.74) is 15.5. The highest BCUT2D eigenvalue weighted by atomic mass is 16.4. The fourth-order valence-corrected chi connectivity index (χ4v) is 0.900. The molecule has 0 bridgehead atoms. The van der Waals surface area contributed by atoms with Gasteiger partial charge in [-0.3, -0.25) is 0 Å². The average Bonchev–Trinajstić information content (AvgIpc) is 2.09. The summed E-state index contributed by atoms with van der Waals surface area (Å²) in [5.74, 6) is -0.988. The standard InChI is InChI=1S/C8H12N4O2/c1-8(11,7(13)14)4-2-5(9)6(10)12-3-4/h2-3H,9,11H2,1H3,(H2,10,12)(H,13,14)/t8-/m1/s1. The van der Waals surface area contributed by atoms with E-state index in [-0.39, 0.29) is 11.5 Å². The summed E-state index contributed by atoms with van der Waals surface area (Å²) in [6.45, 7) is 1.36. The summed E-state index contributed by atoms with van der Waals surface area (Å²) < 4.78 is 0. The predicted molar refractivity (Wildman–Crippen MR) is 52.2 cm³/mol. The molecule has 0 fully saturated rings. The molecule has 0 radical (unpaired) electrons. The van der Waals surface area contributed by atoms with Crippen LogP contribution in [-0.4, -0.2) is 16.1 Å². The molecule has 0 aromatic carbocycles. The van der Waals surface area contributed by atoms with Crippen molar-refractivity contribution in [3.8, 4) is 0 Å². The maximum atomic E-state index is 10.8. The first-order valence-electron chi connectivity index (χ1n) is 3.89. The van der Waals surface area contributed by atoms with Crippen molar-refractivity contribution < 1.29 is 9.90 Å². The number of aliphatic carboxylic acids is 1. The number of carbonyl (C=O) groups is 1. The molecule has 0 aliphatic heterocycles. The molecule has 0 unspecified atom stereocenters. The van der Waals surface area contributed by atoms with Gasteiger partial charge in [-0.15, -0.1) is 0 Å². The van der Waals surface area contributed by atoms with E-state index >= 15 is 0 Å². The largest absolute Gasteiger partial charge is 0.480 e. The van der Waals surface area contributed by atoms with Crippen LogP contribution < -0.4 is 17.2 Å². The Hall–Kier alpha value is -1.82. The van der Waals surface area contributed by atoms with Crippen LogP contribution in [0.4, 0.5) is 11.5 Å². The molecule has 0 spiro atoms. The fourth-order valence-electron chi connectivity index (χ4n) is 0.900. The Morgan fingerprint density at radius 3 is 2.57 bits per heavy atom. The summed E-state index contributed by atoms with van der Waals surface area (Å²) in [6.07, 6.45) is 1.31. The molecule has 6 nitrogen and oxygen atoms in total. The number of nitrogens with two attached hydrogens (primary N) is 3. The highest BCUT2D eigenvalue weighted by Crippen LogP contribution is 2.21. The molecule has 1 atom stereocenters. The van der Waals surface area contributed by atoms with E-state index in [1.165, 1.54) is 19.2 Å². The van der Waals surface area contributed by atoms with Crippen LogP contribution in [0.3, 0.4) is 0 Å². The zero-order valence-corrected chi connectivity index (χ0v) is 7.69. The van der Waals surface area contributed by atoms with Crippen LogP contribution in [0.5, 0.6) is 0 Å². The lowest BCUT2D eigenvalue weighted by Gasteiger charge is -2.19. The summed E-state index contributed by atoms with van der Waals surface area (Å²) in [4.78, 5) is 14.5. The molecule has 0 saturated carbocycles. The highest BCUT2D eigenvalue weighted by molar-refractivity contribution is 5.80. The molecule has 14 heavy (non-hydrogen) atoms. The fraction of sp³-hybridized carbons (Fsp3) is 0.250. The second-order valence-corrected chi connectivity index (χ2v) is 3.21. The van der Waals surface area contributed by atoms with E-state index in [1.54, 1.807) is 0 Å². The van der Waals surface area contributed by atoms with Crippen molar-refractivity contribution in [2.24, 2.45) is 5.73 Å².